The average Bonchev–Trinajstić information content (AvgIpc) is 3.04. The summed E-state index contributed by atoms with van der Waals surface area (Å²) in [6.07, 6.45) is 3.45. The number of hydrogen-bond acceptors (Lipinski definition) is 6. The van der Waals surface area contributed by atoms with Gasteiger partial charge < -0.3 is 9.64 Å². The fourth-order valence-electron chi connectivity index (χ4n) is 3.26. The van der Waals surface area contributed by atoms with Gasteiger partial charge in [0.25, 0.3) is 0 Å². The van der Waals surface area contributed by atoms with Gasteiger partial charge in [-0.05, 0) is 17.5 Å². The summed E-state index contributed by atoms with van der Waals surface area (Å²) in [5, 5.41) is 1.33. The van der Waals surface area contributed by atoms with Crippen LogP contribution in [-0.4, -0.2) is 48.7 Å². The summed E-state index contributed by atoms with van der Waals surface area (Å²) in [5.74, 6) is 0.885. The molecule has 130 valence electrons. The Morgan fingerprint density at radius 3 is 2.92 bits per heavy atom. The van der Waals surface area contributed by atoms with Gasteiger partial charge in [-0.1, -0.05) is 18.2 Å². The van der Waals surface area contributed by atoms with E-state index in [0.29, 0.717) is 0 Å². The second-order valence-corrected chi connectivity index (χ2v) is 7.67. The van der Waals surface area contributed by atoms with E-state index in [0.717, 1.165) is 37.8 Å². The Balaban J connectivity index is 1.51. The average molecular weight is 354 g/mol. The molecular weight excluding hydrogens is 332 g/mol. The first-order valence-corrected chi connectivity index (χ1v) is 9.32. The summed E-state index contributed by atoms with van der Waals surface area (Å²) in [6.45, 7) is 3.46. The minimum absolute atomic E-state index is 0.0331. The van der Waals surface area contributed by atoms with Gasteiger partial charge >= 0.3 is 0 Å². The normalized spacial score (nSPS) is 18.6. The van der Waals surface area contributed by atoms with E-state index in [1.54, 1.807) is 12.4 Å². The second kappa shape index (κ2) is 7.07. The Labute approximate surface area is 151 Å². The van der Waals surface area contributed by atoms with E-state index >= 15 is 0 Å². The van der Waals surface area contributed by atoms with Gasteiger partial charge in [-0.25, -0.2) is 4.98 Å². The first-order valence-electron chi connectivity index (χ1n) is 8.50. The predicted octanol–water partition coefficient (Wildman–Crippen LogP) is 3.33. The topological polar surface area (TPSA) is 41.5 Å². The van der Waals surface area contributed by atoms with Crippen molar-refractivity contribution in [1.82, 2.24) is 14.9 Å². The summed E-state index contributed by atoms with van der Waals surface area (Å²) >= 11 is 1.88. The number of ether oxygens (including phenoxy) is 1. The van der Waals surface area contributed by atoms with Crippen LogP contribution in [0.5, 0.6) is 0 Å². The Bertz CT molecular complexity index is 830. The molecule has 1 aromatic carbocycles. The highest BCUT2D eigenvalue weighted by atomic mass is 32.1. The van der Waals surface area contributed by atoms with Gasteiger partial charge in [0.2, 0.25) is 0 Å². The van der Waals surface area contributed by atoms with Crippen molar-refractivity contribution in [3.8, 4) is 0 Å². The standard InChI is InChI=1S/C19H22N4OS/c1-22(2)19-18(20-7-8-21-19)16-13-23(9-10-24-16)12-15-11-14-5-3-4-6-17(14)25-15/h3-8,11,16H,9-10,12-13H2,1-2H3. The van der Waals surface area contributed by atoms with Crippen LogP contribution >= 0.6 is 11.3 Å². The number of rotatable bonds is 4. The van der Waals surface area contributed by atoms with E-state index in [2.05, 4.69) is 45.2 Å². The van der Waals surface area contributed by atoms with Crippen LogP contribution in [0.1, 0.15) is 16.7 Å². The Hall–Kier alpha value is -2.02. The summed E-state index contributed by atoms with van der Waals surface area (Å²) in [5.41, 5.74) is 0.925. The van der Waals surface area contributed by atoms with Crippen LogP contribution in [0.15, 0.2) is 42.7 Å². The van der Waals surface area contributed by atoms with Crippen LogP contribution < -0.4 is 4.90 Å². The quantitative estimate of drug-likeness (QED) is 0.719. The number of morpholine rings is 1. The lowest BCUT2D eigenvalue weighted by molar-refractivity contribution is -0.0345. The van der Waals surface area contributed by atoms with Crippen molar-refractivity contribution < 1.29 is 4.74 Å². The third kappa shape index (κ3) is 3.51. The Morgan fingerprint density at radius 1 is 1.24 bits per heavy atom. The van der Waals surface area contributed by atoms with Crippen molar-refractivity contribution in [1.29, 1.82) is 0 Å². The molecule has 1 saturated heterocycles. The molecule has 1 fully saturated rings. The van der Waals surface area contributed by atoms with Crippen LogP contribution in [-0.2, 0) is 11.3 Å². The maximum atomic E-state index is 6.01. The fourth-order valence-corrected chi connectivity index (χ4v) is 4.37. The van der Waals surface area contributed by atoms with Crippen LogP contribution in [0.2, 0.25) is 0 Å². The zero-order valence-corrected chi connectivity index (χ0v) is 15.4. The molecular formula is C19H22N4OS. The molecule has 6 heteroatoms. The maximum absolute atomic E-state index is 6.01. The van der Waals surface area contributed by atoms with Crippen molar-refractivity contribution in [3.63, 3.8) is 0 Å². The van der Waals surface area contributed by atoms with Gasteiger partial charge in [0.1, 0.15) is 11.8 Å². The van der Waals surface area contributed by atoms with Crippen molar-refractivity contribution in [2.45, 2.75) is 12.6 Å². The molecule has 5 nitrogen and oxygen atoms in total. The van der Waals surface area contributed by atoms with Gasteiger partial charge in [0, 0.05) is 55.7 Å². The van der Waals surface area contributed by atoms with Crippen molar-refractivity contribution in [2.75, 3.05) is 38.7 Å². The summed E-state index contributed by atoms with van der Waals surface area (Å²) in [6, 6.07) is 10.9. The zero-order chi connectivity index (χ0) is 17.2. The van der Waals surface area contributed by atoms with E-state index in [9.17, 15) is 0 Å². The van der Waals surface area contributed by atoms with Crippen molar-refractivity contribution in [2.24, 2.45) is 0 Å². The van der Waals surface area contributed by atoms with Gasteiger partial charge in [0.05, 0.1) is 6.61 Å². The second-order valence-electron chi connectivity index (χ2n) is 6.50. The van der Waals surface area contributed by atoms with Gasteiger partial charge in [-0.2, -0.15) is 0 Å². The summed E-state index contributed by atoms with van der Waals surface area (Å²) < 4.78 is 7.37. The van der Waals surface area contributed by atoms with E-state index in [-0.39, 0.29) is 6.10 Å². The maximum Gasteiger partial charge on any atom is 0.152 e. The monoisotopic (exact) mass is 354 g/mol. The van der Waals surface area contributed by atoms with Crippen LogP contribution in [0.3, 0.4) is 0 Å². The first-order chi connectivity index (χ1) is 12.2. The molecule has 3 aromatic rings. The SMILES string of the molecule is CN(C)c1nccnc1C1CN(Cc2cc3ccccc3s2)CCO1. The van der Waals surface area contributed by atoms with Gasteiger partial charge in [-0.15, -0.1) is 11.3 Å². The summed E-state index contributed by atoms with van der Waals surface area (Å²) in [4.78, 5) is 14.8. The van der Waals surface area contributed by atoms with Crippen LogP contribution in [0.25, 0.3) is 10.1 Å². The molecule has 0 radical (unpaired) electrons. The smallest absolute Gasteiger partial charge is 0.152 e. The molecule has 0 bridgehead atoms. The van der Waals surface area contributed by atoms with E-state index in [4.69, 9.17) is 4.74 Å². The molecule has 0 N–H and O–H groups in total. The molecule has 2 aromatic heterocycles. The molecule has 0 saturated carbocycles. The lowest BCUT2D eigenvalue weighted by Gasteiger charge is -2.33. The first kappa shape index (κ1) is 16.4. The fraction of sp³-hybridized carbons (Fsp3) is 0.368. The highest BCUT2D eigenvalue weighted by molar-refractivity contribution is 7.19. The lowest BCUT2D eigenvalue weighted by Crippen LogP contribution is -2.38. The van der Waals surface area contributed by atoms with Crippen molar-refractivity contribution >= 4 is 27.2 Å². The van der Waals surface area contributed by atoms with Crippen LogP contribution in [0.4, 0.5) is 5.82 Å². The number of aromatic nitrogens is 2. The Kier molecular flexibility index (Phi) is 4.65. The zero-order valence-electron chi connectivity index (χ0n) is 14.6. The molecule has 3 heterocycles. The lowest BCUT2D eigenvalue weighted by atomic mass is 10.2. The number of fused-ring (bicyclic) bond motifs is 1. The third-order valence-electron chi connectivity index (χ3n) is 4.44. The number of hydrogen-bond donors (Lipinski definition) is 0. The highest BCUT2D eigenvalue weighted by Gasteiger charge is 2.26. The molecule has 1 unspecified atom stereocenters. The molecule has 1 aliphatic heterocycles. The molecule has 1 atom stereocenters. The molecule has 25 heavy (non-hydrogen) atoms. The number of benzene rings is 1. The van der Waals surface area contributed by atoms with Gasteiger partial charge in [-0.3, -0.25) is 9.88 Å². The van der Waals surface area contributed by atoms with E-state index in [1.165, 1.54) is 15.0 Å². The number of thiophene rings is 1. The number of nitrogens with zero attached hydrogens (tertiary/aromatic N) is 4. The predicted molar refractivity (Wildman–Crippen MR) is 102 cm³/mol. The molecule has 0 aliphatic carbocycles. The highest BCUT2D eigenvalue weighted by Crippen LogP contribution is 2.30. The summed E-state index contributed by atoms with van der Waals surface area (Å²) in [7, 11) is 3.98. The number of anilines is 1. The minimum atomic E-state index is -0.0331. The Morgan fingerprint density at radius 2 is 2.08 bits per heavy atom. The van der Waals surface area contributed by atoms with Crippen LogP contribution in [0, 0.1) is 0 Å². The third-order valence-corrected chi connectivity index (χ3v) is 5.54. The molecule has 4 rings (SSSR count). The molecule has 0 spiro atoms. The van der Waals surface area contributed by atoms with Gasteiger partial charge in [0.15, 0.2) is 5.82 Å². The minimum Gasteiger partial charge on any atom is -0.369 e. The molecule has 0 amide bonds. The largest absolute Gasteiger partial charge is 0.369 e. The van der Waals surface area contributed by atoms with Crippen molar-refractivity contribution in [3.05, 3.63) is 53.3 Å². The molecule has 1 aliphatic rings. The van der Waals surface area contributed by atoms with E-state index in [1.807, 2.05) is 30.3 Å². The van der Waals surface area contributed by atoms with E-state index < -0.39 is 0 Å².